The first-order valence-electron chi connectivity index (χ1n) is 9.19. The van der Waals surface area contributed by atoms with Gasteiger partial charge in [0.25, 0.3) is 0 Å². The summed E-state index contributed by atoms with van der Waals surface area (Å²) in [6.45, 7) is 2.82. The van der Waals surface area contributed by atoms with Crippen LogP contribution in [0.2, 0.25) is 10.0 Å². The molecule has 1 aliphatic rings. The Morgan fingerprint density at radius 1 is 1.10 bits per heavy atom. The fourth-order valence-corrected chi connectivity index (χ4v) is 4.01. The average molecular weight is 465 g/mol. The molecular weight excluding hydrogens is 447 g/mol. The third kappa shape index (κ3) is 5.04. The second-order valence-electron chi connectivity index (χ2n) is 6.45. The number of carbonyl (C=O) groups is 1. The van der Waals surface area contributed by atoms with Gasteiger partial charge in [-0.05, 0) is 52.9 Å². The molecule has 2 aromatic carbocycles. The Kier molecular flexibility index (Phi) is 6.73. The maximum absolute atomic E-state index is 12.6. The molecule has 8 nitrogen and oxygen atoms in total. The Morgan fingerprint density at radius 3 is 2.60 bits per heavy atom. The number of aromatic nitrogens is 4. The Bertz CT molecular complexity index is 1020. The van der Waals surface area contributed by atoms with Gasteiger partial charge in [-0.3, -0.25) is 4.79 Å². The van der Waals surface area contributed by atoms with Gasteiger partial charge in [0.05, 0.1) is 36.0 Å². The lowest BCUT2D eigenvalue weighted by Crippen LogP contribution is -2.36. The van der Waals surface area contributed by atoms with E-state index in [0.717, 1.165) is 24.5 Å². The first kappa shape index (κ1) is 20.9. The predicted molar refractivity (Wildman–Crippen MR) is 118 cm³/mol. The summed E-state index contributed by atoms with van der Waals surface area (Å²) in [5.74, 6) is -0.0364. The van der Waals surface area contributed by atoms with Crippen molar-refractivity contribution in [3.05, 3.63) is 52.5 Å². The summed E-state index contributed by atoms with van der Waals surface area (Å²) in [6, 6.07) is 12.6. The molecule has 2 heterocycles. The first-order chi connectivity index (χ1) is 14.6. The van der Waals surface area contributed by atoms with Crippen molar-refractivity contribution in [1.82, 2.24) is 20.2 Å². The van der Waals surface area contributed by atoms with Crippen LogP contribution in [0.4, 0.5) is 11.4 Å². The number of amides is 1. The zero-order valence-corrected chi connectivity index (χ0v) is 18.1. The number of anilines is 2. The topological polar surface area (TPSA) is 85.2 Å². The Balaban J connectivity index is 1.43. The van der Waals surface area contributed by atoms with Crippen LogP contribution in [0.5, 0.6) is 0 Å². The standard InChI is InChI=1S/C19H18Cl2N6O2S/c20-13-1-4-15(5-2-13)27-19(23-24-25-27)30-12-18(28)22-16-11-14(21)3-6-17(16)26-7-9-29-10-8-26/h1-6,11H,7-10,12H2,(H,22,28). The van der Waals surface area contributed by atoms with Crippen molar-refractivity contribution in [3.63, 3.8) is 0 Å². The highest BCUT2D eigenvalue weighted by Gasteiger charge is 2.17. The molecule has 1 saturated heterocycles. The molecule has 0 aliphatic carbocycles. The summed E-state index contributed by atoms with van der Waals surface area (Å²) < 4.78 is 6.98. The van der Waals surface area contributed by atoms with Gasteiger partial charge in [0.1, 0.15) is 0 Å². The maximum atomic E-state index is 12.6. The van der Waals surface area contributed by atoms with E-state index in [2.05, 4.69) is 25.7 Å². The van der Waals surface area contributed by atoms with Gasteiger partial charge in [0, 0.05) is 23.1 Å². The predicted octanol–water partition coefficient (Wildman–Crippen LogP) is 3.54. The van der Waals surface area contributed by atoms with E-state index in [9.17, 15) is 4.79 Å². The van der Waals surface area contributed by atoms with Crippen LogP contribution in [-0.4, -0.2) is 58.2 Å². The van der Waals surface area contributed by atoms with Gasteiger partial charge in [-0.2, -0.15) is 4.68 Å². The minimum Gasteiger partial charge on any atom is -0.378 e. The smallest absolute Gasteiger partial charge is 0.234 e. The quantitative estimate of drug-likeness (QED) is 0.558. The summed E-state index contributed by atoms with van der Waals surface area (Å²) in [5.41, 5.74) is 2.36. The second kappa shape index (κ2) is 9.65. The Labute approximate surface area is 187 Å². The van der Waals surface area contributed by atoms with E-state index in [-0.39, 0.29) is 11.7 Å². The molecule has 0 radical (unpaired) electrons. The molecule has 0 saturated carbocycles. The van der Waals surface area contributed by atoms with E-state index in [4.69, 9.17) is 27.9 Å². The number of rotatable bonds is 6. The summed E-state index contributed by atoms with van der Waals surface area (Å²) in [7, 11) is 0. The normalized spacial score (nSPS) is 14.0. The highest BCUT2D eigenvalue weighted by Crippen LogP contribution is 2.30. The van der Waals surface area contributed by atoms with Gasteiger partial charge in [-0.15, -0.1) is 5.10 Å². The number of hydrogen-bond acceptors (Lipinski definition) is 7. The van der Waals surface area contributed by atoms with Crippen LogP contribution in [-0.2, 0) is 9.53 Å². The molecular formula is C19H18Cl2N6O2S. The average Bonchev–Trinajstić information content (AvgIpc) is 3.22. The van der Waals surface area contributed by atoms with Crippen LogP contribution in [0.25, 0.3) is 5.69 Å². The van der Waals surface area contributed by atoms with Crippen LogP contribution >= 0.6 is 35.0 Å². The van der Waals surface area contributed by atoms with Gasteiger partial charge in [0.2, 0.25) is 11.1 Å². The Morgan fingerprint density at radius 2 is 1.83 bits per heavy atom. The molecule has 1 amide bonds. The number of morpholine rings is 1. The van der Waals surface area contributed by atoms with Crippen LogP contribution in [0.1, 0.15) is 0 Å². The molecule has 0 bridgehead atoms. The SMILES string of the molecule is O=C(CSc1nnnn1-c1ccc(Cl)cc1)Nc1cc(Cl)ccc1N1CCOCC1. The van der Waals surface area contributed by atoms with Crippen molar-refractivity contribution in [2.24, 2.45) is 0 Å². The maximum Gasteiger partial charge on any atom is 0.234 e. The molecule has 1 aromatic heterocycles. The van der Waals surface area contributed by atoms with Gasteiger partial charge < -0.3 is 15.0 Å². The summed E-state index contributed by atoms with van der Waals surface area (Å²) in [6.07, 6.45) is 0. The number of thioether (sulfide) groups is 1. The molecule has 0 unspecified atom stereocenters. The fraction of sp³-hybridized carbons (Fsp3) is 0.263. The van der Waals surface area contributed by atoms with Crippen LogP contribution < -0.4 is 10.2 Å². The fourth-order valence-electron chi connectivity index (χ4n) is 3.02. The van der Waals surface area contributed by atoms with Crippen molar-refractivity contribution in [3.8, 4) is 5.69 Å². The third-order valence-corrected chi connectivity index (χ3v) is 5.84. The van der Waals surface area contributed by atoms with Crippen LogP contribution in [0.3, 0.4) is 0 Å². The van der Waals surface area contributed by atoms with E-state index >= 15 is 0 Å². The van der Waals surface area contributed by atoms with Gasteiger partial charge >= 0.3 is 0 Å². The van der Waals surface area contributed by atoms with Gasteiger partial charge in [-0.25, -0.2) is 0 Å². The number of ether oxygens (including phenoxy) is 1. The molecule has 11 heteroatoms. The zero-order chi connectivity index (χ0) is 20.9. The number of carbonyl (C=O) groups excluding carboxylic acids is 1. The molecule has 4 rings (SSSR count). The highest BCUT2D eigenvalue weighted by atomic mass is 35.5. The largest absolute Gasteiger partial charge is 0.378 e. The molecule has 0 atom stereocenters. The number of benzene rings is 2. The van der Waals surface area contributed by atoms with Crippen molar-refractivity contribution in [1.29, 1.82) is 0 Å². The Hall–Kier alpha value is -2.33. The van der Waals surface area contributed by atoms with Crippen molar-refractivity contribution in [2.75, 3.05) is 42.3 Å². The molecule has 156 valence electrons. The summed E-state index contributed by atoms with van der Waals surface area (Å²) in [5, 5.41) is 16.4. The molecule has 3 aromatic rings. The molecule has 1 fully saturated rings. The zero-order valence-electron chi connectivity index (χ0n) is 15.8. The second-order valence-corrected chi connectivity index (χ2v) is 8.26. The monoisotopic (exact) mass is 464 g/mol. The summed E-state index contributed by atoms with van der Waals surface area (Å²) in [4.78, 5) is 14.8. The molecule has 30 heavy (non-hydrogen) atoms. The van der Waals surface area contributed by atoms with Crippen LogP contribution in [0, 0.1) is 0 Å². The van der Waals surface area contributed by atoms with Gasteiger partial charge in [0.15, 0.2) is 0 Å². The third-order valence-electron chi connectivity index (χ3n) is 4.43. The lowest BCUT2D eigenvalue weighted by Gasteiger charge is -2.30. The minimum absolute atomic E-state index is 0.142. The first-order valence-corrected chi connectivity index (χ1v) is 10.9. The number of nitrogens with one attached hydrogen (secondary N) is 1. The van der Waals surface area contributed by atoms with E-state index in [1.807, 2.05) is 24.3 Å². The number of tetrazole rings is 1. The molecule has 1 N–H and O–H groups in total. The van der Waals surface area contributed by atoms with Crippen molar-refractivity contribution in [2.45, 2.75) is 5.16 Å². The molecule has 1 aliphatic heterocycles. The van der Waals surface area contributed by atoms with E-state index in [1.165, 1.54) is 11.8 Å². The van der Waals surface area contributed by atoms with Crippen molar-refractivity contribution >= 4 is 52.2 Å². The van der Waals surface area contributed by atoms with E-state index < -0.39 is 0 Å². The minimum atomic E-state index is -0.178. The van der Waals surface area contributed by atoms with Crippen molar-refractivity contribution < 1.29 is 9.53 Å². The highest BCUT2D eigenvalue weighted by molar-refractivity contribution is 7.99. The van der Waals surface area contributed by atoms with Crippen LogP contribution in [0.15, 0.2) is 47.6 Å². The lowest BCUT2D eigenvalue weighted by molar-refractivity contribution is -0.113. The van der Waals surface area contributed by atoms with E-state index in [0.29, 0.717) is 34.1 Å². The number of halogens is 2. The summed E-state index contributed by atoms with van der Waals surface area (Å²) >= 11 is 13.3. The number of hydrogen-bond donors (Lipinski definition) is 1. The molecule has 0 spiro atoms. The van der Waals surface area contributed by atoms with E-state index in [1.54, 1.807) is 22.9 Å². The number of nitrogens with zero attached hydrogens (tertiary/aromatic N) is 5. The van der Waals surface area contributed by atoms with Gasteiger partial charge in [-0.1, -0.05) is 35.0 Å². The lowest BCUT2D eigenvalue weighted by atomic mass is 10.2.